The van der Waals surface area contributed by atoms with E-state index in [1.165, 1.54) is 0 Å². The van der Waals surface area contributed by atoms with Gasteiger partial charge in [0.2, 0.25) is 5.91 Å². The van der Waals surface area contributed by atoms with E-state index < -0.39 is 0 Å². The average molecular weight is 293 g/mol. The fraction of sp³-hybridized carbons (Fsp3) is 0.300. The van der Waals surface area contributed by atoms with Crippen molar-refractivity contribution >= 4 is 33.4 Å². The number of benzene rings is 1. The number of hydrogen-bond acceptors (Lipinski definition) is 2. The molecule has 0 aliphatic carbocycles. The highest BCUT2D eigenvalue weighted by Crippen LogP contribution is 2.25. The van der Waals surface area contributed by atoms with Gasteiger partial charge < -0.3 is 10.1 Å². The zero-order valence-corrected chi connectivity index (χ0v) is 10.6. The standard InChI is InChI=1S/C10H11BrClNO2/c1-15-9-4-2-3-8(12)7(9)6-13-10(14)5-11/h2-4H,5-6H2,1H3,(H,13,14). The zero-order valence-electron chi connectivity index (χ0n) is 8.22. The van der Waals surface area contributed by atoms with Crippen LogP contribution in [0.2, 0.25) is 5.02 Å². The first-order valence-electron chi connectivity index (χ1n) is 4.33. The summed E-state index contributed by atoms with van der Waals surface area (Å²) in [6.07, 6.45) is 0. The quantitative estimate of drug-likeness (QED) is 0.865. The highest BCUT2D eigenvalue weighted by Gasteiger charge is 2.08. The van der Waals surface area contributed by atoms with Crippen molar-refractivity contribution in [3.05, 3.63) is 28.8 Å². The minimum Gasteiger partial charge on any atom is -0.496 e. The number of hydrogen-bond donors (Lipinski definition) is 1. The van der Waals surface area contributed by atoms with E-state index in [-0.39, 0.29) is 11.2 Å². The number of carbonyl (C=O) groups is 1. The van der Waals surface area contributed by atoms with Crippen LogP contribution in [0.1, 0.15) is 5.56 Å². The summed E-state index contributed by atoms with van der Waals surface area (Å²) in [6.45, 7) is 0.368. The van der Waals surface area contributed by atoms with Gasteiger partial charge in [-0.15, -0.1) is 0 Å². The number of nitrogens with one attached hydrogen (secondary N) is 1. The maximum Gasteiger partial charge on any atom is 0.230 e. The molecule has 5 heteroatoms. The highest BCUT2D eigenvalue weighted by molar-refractivity contribution is 9.09. The molecular weight excluding hydrogens is 281 g/mol. The second kappa shape index (κ2) is 5.98. The monoisotopic (exact) mass is 291 g/mol. The fourth-order valence-electron chi connectivity index (χ4n) is 1.14. The molecule has 0 saturated carbocycles. The Bertz CT molecular complexity index is 357. The van der Waals surface area contributed by atoms with Gasteiger partial charge in [-0.25, -0.2) is 0 Å². The van der Waals surface area contributed by atoms with Crippen molar-refractivity contribution in [1.29, 1.82) is 0 Å². The molecule has 0 saturated heterocycles. The normalized spacial score (nSPS) is 9.80. The first-order valence-corrected chi connectivity index (χ1v) is 5.83. The van der Waals surface area contributed by atoms with Crippen molar-refractivity contribution in [1.82, 2.24) is 5.32 Å². The molecule has 1 N–H and O–H groups in total. The van der Waals surface area contributed by atoms with Crippen LogP contribution >= 0.6 is 27.5 Å². The van der Waals surface area contributed by atoms with Crippen LogP contribution in [0.3, 0.4) is 0 Å². The van der Waals surface area contributed by atoms with E-state index in [4.69, 9.17) is 16.3 Å². The van der Waals surface area contributed by atoms with E-state index in [0.29, 0.717) is 17.3 Å². The lowest BCUT2D eigenvalue weighted by Gasteiger charge is -2.10. The van der Waals surface area contributed by atoms with Crippen LogP contribution < -0.4 is 10.1 Å². The van der Waals surface area contributed by atoms with E-state index in [1.54, 1.807) is 19.2 Å². The van der Waals surface area contributed by atoms with Gasteiger partial charge in [0, 0.05) is 17.1 Å². The van der Waals surface area contributed by atoms with Gasteiger partial charge in [0.05, 0.1) is 12.4 Å². The molecule has 0 heterocycles. The van der Waals surface area contributed by atoms with Crippen molar-refractivity contribution in [3.8, 4) is 5.75 Å². The summed E-state index contributed by atoms with van der Waals surface area (Å²) in [5, 5.41) is 3.58. The largest absolute Gasteiger partial charge is 0.496 e. The second-order valence-electron chi connectivity index (χ2n) is 2.83. The summed E-state index contributed by atoms with van der Waals surface area (Å²) in [4.78, 5) is 11.1. The molecule has 0 atom stereocenters. The second-order valence-corrected chi connectivity index (χ2v) is 3.80. The van der Waals surface area contributed by atoms with Crippen LogP contribution in [0.5, 0.6) is 5.75 Å². The lowest BCUT2D eigenvalue weighted by atomic mass is 10.2. The summed E-state index contributed by atoms with van der Waals surface area (Å²) in [7, 11) is 1.57. The lowest BCUT2D eigenvalue weighted by Crippen LogP contribution is -2.23. The zero-order chi connectivity index (χ0) is 11.3. The third kappa shape index (κ3) is 3.39. The van der Waals surface area contributed by atoms with Gasteiger partial charge in [-0.3, -0.25) is 4.79 Å². The Morgan fingerprint density at radius 3 is 2.93 bits per heavy atom. The number of halogens is 2. The summed E-state index contributed by atoms with van der Waals surface area (Å²) in [5.41, 5.74) is 0.788. The van der Waals surface area contributed by atoms with Gasteiger partial charge in [0.15, 0.2) is 0 Å². The molecule has 0 aromatic heterocycles. The molecule has 0 radical (unpaired) electrons. The molecule has 0 aliphatic rings. The van der Waals surface area contributed by atoms with Crippen LogP contribution in [0, 0.1) is 0 Å². The predicted molar refractivity (Wildman–Crippen MR) is 63.6 cm³/mol. The molecule has 1 amide bonds. The van der Waals surface area contributed by atoms with Gasteiger partial charge in [-0.1, -0.05) is 33.6 Å². The number of ether oxygens (including phenoxy) is 1. The molecule has 0 bridgehead atoms. The Morgan fingerprint density at radius 2 is 2.33 bits per heavy atom. The Kier molecular flexibility index (Phi) is 4.91. The van der Waals surface area contributed by atoms with Gasteiger partial charge in [0.25, 0.3) is 0 Å². The van der Waals surface area contributed by atoms with E-state index in [1.807, 2.05) is 6.07 Å². The maximum atomic E-state index is 11.1. The lowest BCUT2D eigenvalue weighted by molar-refractivity contribution is -0.118. The number of amides is 1. The summed E-state index contributed by atoms with van der Waals surface area (Å²) in [5.74, 6) is 0.592. The Labute approximate surface area is 102 Å². The number of alkyl halides is 1. The summed E-state index contributed by atoms with van der Waals surface area (Å²) in [6, 6.07) is 5.37. The molecule has 3 nitrogen and oxygen atoms in total. The van der Waals surface area contributed by atoms with Gasteiger partial charge in [0.1, 0.15) is 5.75 Å². The Morgan fingerprint density at radius 1 is 1.60 bits per heavy atom. The van der Waals surface area contributed by atoms with Gasteiger partial charge >= 0.3 is 0 Å². The highest BCUT2D eigenvalue weighted by atomic mass is 79.9. The number of methoxy groups -OCH3 is 1. The van der Waals surface area contributed by atoms with Crippen molar-refractivity contribution in [2.45, 2.75) is 6.54 Å². The molecule has 0 spiro atoms. The molecule has 0 unspecified atom stereocenters. The summed E-state index contributed by atoms with van der Waals surface area (Å²) >= 11 is 9.06. The summed E-state index contributed by atoms with van der Waals surface area (Å²) < 4.78 is 5.14. The van der Waals surface area contributed by atoms with Crippen molar-refractivity contribution in [3.63, 3.8) is 0 Å². The molecule has 0 aliphatic heterocycles. The SMILES string of the molecule is COc1cccc(Cl)c1CNC(=O)CBr. The van der Waals surface area contributed by atoms with Crippen LogP contribution in [0.25, 0.3) is 0 Å². The molecule has 1 aromatic carbocycles. The number of rotatable bonds is 4. The van der Waals surface area contributed by atoms with Crippen molar-refractivity contribution in [2.75, 3.05) is 12.4 Å². The predicted octanol–water partition coefficient (Wildman–Crippen LogP) is 2.36. The van der Waals surface area contributed by atoms with Gasteiger partial charge in [-0.2, -0.15) is 0 Å². The smallest absolute Gasteiger partial charge is 0.230 e. The van der Waals surface area contributed by atoms with E-state index in [0.717, 1.165) is 5.56 Å². The molecule has 0 fully saturated rings. The molecule has 82 valence electrons. The van der Waals surface area contributed by atoms with Gasteiger partial charge in [-0.05, 0) is 12.1 Å². The third-order valence-corrected chi connectivity index (χ3v) is 2.74. The average Bonchev–Trinajstić information content (AvgIpc) is 2.26. The van der Waals surface area contributed by atoms with Crippen LogP contribution in [0.4, 0.5) is 0 Å². The molecule has 1 aromatic rings. The van der Waals surface area contributed by atoms with Crippen molar-refractivity contribution in [2.24, 2.45) is 0 Å². The molecule has 15 heavy (non-hydrogen) atoms. The van der Waals surface area contributed by atoms with Crippen molar-refractivity contribution < 1.29 is 9.53 Å². The Balaban J connectivity index is 2.78. The minimum atomic E-state index is -0.0861. The fourth-order valence-corrected chi connectivity index (χ4v) is 1.57. The number of carbonyl (C=O) groups excluding carboxylic acids is 1. The van der Waals surface area contributed by atoms with E-state index in [9.17, 15) is 4.79 Å². The first kappa shape index (κ1) is 12.3. The van der Waals surface area contributed by atoms with E-state index >= 15 is 0 Å². The molecular formula is C10H11BrClNO2. The third-order valence-electron chi connectivity index (χ3n) is 1.88. The van der Waals surface area contributed by atoms with Crippen LogP contribution in [0.15, 0.2) is 18.2 Å². The first-order chi connectivity index (χ1) is 7.19. The Hall–Kier alpha value is -0.740. The van der Waals surface area contributed by atoms with E-state index in [2.05, 4.69) is 21.2 Å². The van der Waals surface area contributed by atoms with Crippen LogP contribution in [-0.4, -0.2) is 18.3 Å². The minimum absolute atomic E-state index is 0.0861. The maximum absolute atomic E-state index is 11.1. The molecule has 1 rings (SSSR count). The van der Waals surface area contributed by atoms with Crippen LogP contribution in [-0.2, 0) is 11.3 Å². The topological polar surface area (TPSA) is 38.3 Å².